The lowest BCUT2D eigenvalue weighted by atomic mass is 9.88. The fourth-order valence-electron chi connectivity index (χ4n) is 2.07. The van der Waals surface area contributed by atoms with Gasteiger partial charge in [0.2, 0.25) is 5.79 Å². The zero-order valence-electron chi connectivity index (χ0n) is 9.55. The Bertz CT molecular complexity index is 395. The van der Waals surface area contributed by atoms with Crippen molar-refractivity contribution in [1.29, 1.82) is 0 Å². The summed E-state index contributed by atoms with van der Waals surface area (Å²) in [5, 5.41) is 48.5. The Balaban J connectivity index is 2.37. The van der Waals surface area contributed by atoms with Crippen molar-refractivity contribution in [3.8, 4) is 0 Å². The molecule has 1 unspecified atom stereocenters. The fourth-order valence-corrected chi connectivity index (χ4v) is 2.07. The highest BCUT2D eigenvalue weighted by atomic mass is 16.7. The molecule has 5 N–H and O–H groups in total. The molecule has 0 saturated carbocycles. The van der Waals surface area contributed by atoms with Crippen LogP contribution in [0.4, 0.5) is 0 Å². The van der Waals surface area contributed by atoms with Crippen LogP contribution in [0.5, 0.6) is 0 Å². The van der Waals surface area contributed by atoms with Crippen molar-refractivity contribution in [2.45, 2.75) is 30.2 Å². The molecule has 1 aliphatic rings. The molecule has 1 saturated heterocycles. The van der Waals surface area contributed by atoms with E-state index in [1.165, 1.54) is 12.1 Å². The Morgan fingerprint density at radius 3 is 2.22 bits per heavy atom. The summed E-state index contributed by atoms with van der Waals surface area (Å²) in [5.74, 6) is -2.16. The highest BCUT2D eigenvalue weighted by Crippen LogP contribution is 2.35. The summed E-state index contributed by atoms with van der Waals surface area (Å²) >= 11 is 0. The molecular formula is C12H16O6. The van der Waals surface area contributed by atoms with Crippen molar-refractivity contribution in [1.82, 2.24) is 0 Å². The maximum atomic E-state index is 10.3. The van der Waals surface area contributed by atoms with E-state index in [0.717, 1.165) is 0 Å². The van der Waals surface area contributed by atoms with E-state index >= 15 is 0 Å². The van der Waals surface area contributed by atoms with Crippen molar-refractivity contribution in [3.63, 3.8) is 0 Å². The summed E-state index contributed by atoms with van der Waals surface area (Å²) in [7, 11) is 0. The number of aliphatic hydroxyl groups excluding tert-OH is 4. The molecule has 6 nitrogen and oxygen atoms in total. The minimum absolute atomic E-state index is 0.238. The standard InChI is InChI=1S/C12H16O6/c13-6-8-9(14)10(15)11(16)12(17,18-8)7-4-2-1-3-5-7/h1-5,8-11,13-17H,6H2/t8-,9-,10+,11-,12?/m1/s1. The average molecular weight is 256 g/mol. The number of benzene rings is 1. The quantitative estimate of drug-likeness (QED) is 0.431. The van der Waals surface area contributed by atoms with Crippen molar-refractivity contribution >= 4 is 0 Å². The van der Waals surface area contributed by atoms with Gasteiger partial charge in [-0.2, -0.15) is 0 Å². The molecule has 0 aromatic heterocycles. The average Bonchev–Trinajstić information content (AvgIpc) is 2.41. The molecule has 18 heavy (non-hydrogen) atoms. The van der Waals surface area contributed by atoms with Gasteiger partial charge in [0.25, 0.3) is 0 Å². The first-order valence-electron chi connectivity index (χ1n) is 5.61. The van der Waals surface area contributed by atoms with Gasteiger partial charge in [-0.15, -0.1) is 0 Å². The number of hydrogen-bond donors (Lipinski definition) is 5. The number of hydrogen-bond acceptors (Lipinski definition) is 6. The van der Waals surface area contributed by atoms with Crippen LogP contribution in [-0.2, 0) is 10.5 Å². The highest BCUT2D eigenvalue weighted by molar-refractivity contribution is 5.23. The zero-order valence-corrected chi connectivity index (χ0v) is 9.55. The van der Waals surface area contributed by atoms with Gasteiger partial charge in [-0.3, -0.25) is 0 Å². The van der Waals surface area contributed by atoms with Crippen LogP contribution in [0.25, 0.3) is 0 Å². The molecule has 2 rings (SSSR count). The normalized spacial score (nSPS) is 40.7. The van der Waals surface area contributed by atoms with Crippen LogP contribution in [-0.4, -0.2) is 56.6 Å². The topological polar surface area (TPSA) is 110 Å². The third kappa shape index (κ3) is 2.03. The molecule has 1 aliphatic heterocycles. The maximum absolute atomic E-state index is 10.3. The molecule has 1 fully saturated rings. The van der Waals surface area contributed by atoms with Crippen LogP contribution < -0.4 is 0 Å². The van der Waals surface area contributed by atoms with Gasteiger partial charge in [0.1, 0.15) is 24.4 Å². The fraction of sp³-hybridized carbons (Fsp3) is 0.500. The van der Waals surface area contributed by atoms with Crippen LogP contribution in [0.15, 0.2) is 30.3 Å². The molecule has 0 spiro atoms. The van der Waals surface area contributed by atoms with Crippen LogP contribution >= 0.6 is 0 Å². The monoisotopic (exact) mass is 256 g/mol. The molecule has 0 bridgehead atoms. The van der Waals surface area contributed by atoms with Crippen molar-refractivity contribution in [2.75, 3.05) is 6.61 Å². The van der Waals surface area contributed by atoms with E-state index in [1.807, 2.05) is 0 Å². The van der Waals surface area contributed by atoms with E-state index in [4.69, 9.17) is 9.84 Å². The zero-order chi connectivity index (χ0) is 13.3. The smallest absolute Gasteiger partial charge is 0.222 e. The lowest BCUT2D eigenvalue weighted by molar-refractivity contribution is -0.357. The molecule has 100 valence electrons. The Morgan fingerprint density at radius 1 is 1.06 bits per heavy atom. The van der Waals surface area contributed by atoms with Crippen molar-refractivity contribution < 1.29 is 30.3 Å². The first-order valence-corrected chi connectivity index (χ1v) is 5.61. The Kier molecular flexibility index (Phi) is 3.67. The molecule has 1 aromatic rings. The molecule has 0 amide bonds. The SMILES string of the molecule is OC[C@H]1OC(O)(c2ccccc2)[C@H](O)[C@@H](O)[C@@H]1O. The van der Waals surface area contributed by atoms with Gasteiger partial charge in [0, 0.05) is 5.56 Å². The van der Waals surface area contributed by atoms with E-state index in [2.05, 4.69) is 0 Å². The van der Waals surface area contributed by atoms with Crippen LogP contribution in [0.3, 0.4) is 0 Å². The Hall–Kier alpha value is -1.02. The van der Waals surface area contributed by atoms with Gasteiger partial charge < -0.3 is 30.3 Å². The second-order valence-corrected chi connectivity index (χ2v) is 4.33. The Morgan fingerprint density at radius 2 is 1.67 bits per heavy atom. The summed E-state index contributed by atoms with van der Waals surface area (Å²) < 4.78 is 5.15. The third-order valence-corrected chi connectivity index (χ3v) is 3.15. The summed E-state index contributed by atoms with van der Waals surface area (Å²) in [6.07, 6.45) is -5.96. The lowest BCUT2D eigenvalue weighted by Crippen LogP contribution is -2.63. The summed E-state index contributed by atoms with van der Waals surface area (Å²) in [6.45, 7) is -0.583. The van der Waals surface area contributed by atoms with Gasteiger partial charge in [0.05, 0.1) is 6.61 Å². The molecular weight excluding hydrogens is 240 g/mol. The van der Waals surface area contributed by atoms with E-state index in [0.29, 0.717) is 0 Å². The minimum Gasteiger partial charge on any atom is -0.394 e. The second kappa shape index (κ2) is 4.93. The second-order valence-electron chi connectivity index (χ2n) is 4.33. The van der Waals surface area contributed by atoms with Gasteiger partial charge in [-0.05, 0) is 0 Å². The molecule has 6 heteroatoms. The predicted octanol–water partition coefficient (Wildman–Crippen LogP) is -1.69. The lowest BCUT2D eigenvalue weighted by Gasteiger charge is -2.45. The number of rotatable bonds is 2. The van der Waals surface area contributed by atoms with Crippen LogP contribution in [0.1, 0.15) is 5.56 Å². The first kappa shape index (κ1) is 13.4. The molecule has 0 radical (unpaired) electrons. The molecule has 1 heterocycles. The van der Waals surface area contributed by atoms with Gasteiger partial charge in [0.15, 0.2) is 0 Å². The molecule has 1 aromatic carbocycles. The van der Waals surface area contributed by atoms with Crippen LogP contribution in [0, 0.1) is 0 Å². The highest BCUT2D eigenvalue weighted by Gasteiger charge is 2.53. The number of ether oxygens (including phenoxy) is 1. The molecule has 0 aliphatic carbocycles. The van der Waals surface area contributed by atoms with Crippen molar-refractivity contribution in [3.05, 3.63) is 35.9 Å². The van der Waals surface area contributed by atoms with E-state index < -0.39 is 36.8 Å². The summed E-state index contributed by atoms with van der Waals surface area (Å²) in [5.41, 5.74) is 0.238. The number of aliphatic hydroxyl groups is 5. The predicted molar refractivity (Wildman–Crippen MR) is 60.3 cm³/mol. The van der Waals surface area contributed by atoms with E-state index in [-0.39, 0.29) is 5.56 Å². The Labute approximate surface area is 104 Å². The van der Waals surface area contributed by atoms with Gasteiger partial charge in [-0.1, -0.05) is 30.3 Å². The van der Waals surface area contributed by atoms with Crippen molar-refractivity contribution in [2.24, 2.45) is 0 Å². The summed E-state index contributed by atoms with van der Waals surface area (Å²) in [6, 6.07) is 8.02. The minimum atomic E-state index is -2.16. The molecule has 5 atom stereocenters. The van der Waals surface area contributed by atoms with E-state index in [9.17, 15) is 20.4 Å². The van der Waals surface area contributed by atoms with E-state index in [1.54, 1.807) is 18.2 Å². The third-order valence-electron chi connectivity index (χ3n) is 3.15. The van der Waals surface area contributed by atoms with Gasteiger partial charge in [-0.25, -0.2) is 0 Å². The van der Waals surface area contributed by atoms with Crippen LogP contribution in [0.2, 0.25) is 0 Å². The van der Waals surface area contributed by atoms with Gasteiger partial charge >= 0.3 is 0 Å². The largest absolute Gasteiger partial charge is 0.394 e. The first-order chi connectivity index (χ1) is 8.50. The summed E-state index contributed by atoms with van der Waals surface area (Å²) in [4.78, 5) is 0. The maximum Gasteiger partial charge on any atom is 0.222 e.